The van der Waals surface area contributed by atoms with Crippen LogP contribution in [0.5, 0.6) is 0 Å². The van der Waals surface area contributed by atoms with E-state index in [0.717, 1.165) is 6.54 Å². The van der Waals surface area contributed by atoms with Gasteiger partial charge in [0.1, 0.15) is 12.5 Å². The number of hydrogen-bond donors (Lipinski definition) is 1. The second-order valence-corrected chi connectivity index (χ2v) is 5.30. The van der Waals surface area contributed by atoms with Gasteiger partial charge in [0.15, 0.2) is 0 Å². The lowest BCUT2D eigenvalue weighted by molar-refractivity contribution is 0.184. The summed E-state index contributed by atoms with van der Waals surface area (Å²) in [5.74, 6) is 0.588. The largest absolute Gasteiger partial charge is 0.339 e. The molecule has 1 unspecified atom stereocenters. The van der Waals surface area contributed by atoms with E-state index in [-0.39, 0.29) is 0 Å². The minimum absolute atomic E-state index is 0.325. The molecule has 0 amide bonds. The van der Waals surface area contributed by atoms with Gasteiger partial charge in [-0.15, -0.1) is 0 Å². The molecule has 0 saturated heterocycles. The van der Waals surface area contributed by atoms with Crippen molar-refractivity contribution in [2.75, 3.05) is 6.54 Å². The van der Waals surface area contributed by atoms with Crippen molar-refractivity contribution in [1.29, 1.82) is 0 Å². The predicted molar refractivity (Wildman–Crippen MR) is 56.4 cm³/mol. The summed E-state index contributed by atoms with van der Waals surface area (Å²) in [4.78, 5) is 2.28. The first-order valence-corrected chi connectivity index (χ1v) is 4.94. The van der Waals surface area contributed by atoms with Gasteiger partial charge in [0.05, 0.1) is 0 Å². The highest BCUT2D eigenvalue weighted by atomic mass is 15.5. The van der Waals surface area contributed by atoms with E-state index in [1.54, 1.807) is 0 Å². The van der Waals surface area contributed by atoms with E-state index in [9.17, 15) is 0 Å². The van der Waals surface area contributed by atoms with Gasteiger partial charge < -0.3 is 4.90 Å². The molecule has 0 aromatic carbocycles. The molecule has 13 heavy (non-hydrogen) atoms. The monoisotopic (exact) mass is 183 g/mol. The van der Waals surface area contributed by atoms with E-state index in [1.165, 1.54) is 0 Å². The first-order valence-electron chi connectivity index (χ1n) is 4.94. The minimum Gasteiger partial charge on any atom is -0.339 e. The first kappa shape index (κ1) is 10.4. The van der Waals surface area contributed by atoms with Crippen LogP contribution in [0, 0.1) is 11.3 Å². The SMILES string of the molecule is CC(C)C1NN=CN1CC(C)(C)C. The van der Waals surface area contributed by atoms with Crippen molar-refractivity contribution < 1.29 is 0 Å². The quantitative estimate of drug-likeness (QED) is 0.707. The average molecular weight is 183 g/mol. The maximum atomic E-state index is 4.10. The molecule has 0 saturated carbocycles. The Kier molecular flexibility index (Phi) is 2.84. The molecule has 0 spiro atoms. The van der Waals surface area contributed by atoms with Gasteiger partial charge in [0.25, 0.3) is 0 Å². The summed E-state index contributed by atoms with van der Waals surface area (Å²) < 4.78 is 0. The molecule has 3 nitrogen and oxygen atoms in total. The summed E-state index contributed by atoms with van der Waals surface area (Å²) in [6, 6.07) is 0. The molecule has 0 aromatic rings. The third-order valence-electron chi connectivity index (χ3n) is 2.06. The molecule has 1 aliphatic heterocycles. The summed E-state index contributed by atoms with van der Waals surface area (Å²) in [5, 5.41) is 4.10. The van der Waals surface area contributed by atoms with Crippen LogP contribution >= 0.6 is 0 Å². The normalized spacial score (nSPS) is 22.6. The average Bonchev–Trinajstić information content (AvgIpc) is 2.31. The minimum atomic E-state index is 0.325. The van der Waals surface area contributed by atoms with Crippen molar-refractivity contribution in [3.8, 4) is 0 Å². The van der Waals surface area contributed by atoms with Crippen LogP contribution in [-0.2, 0) is 0 Å². The summed E-state index contributed by atoms with van der Waals surface area (Å²) in [6.45, 7) is 12.2. The van der Waals surface area contributed by atoms with Crippen molar-refractivity contribution in [2.24, 2.45) is 16.4 Å². The fraction of sp³-hybridized carbons (Fsp3) is 0.900. The molecule has 0 fully saturated rings. The maximum absolute atomic E-state index is 4.10. The molecule has 0 bridgehead atoms. The van der Waals surface area contributed by atoms with Gasteiger partial charge in [0, 0.05) is 6.54 Å². The van der Waals surface area contributed by atoms with E-state index >= 15 is 0 Å². The van der Waals surface area contributed by atoms with Crippen LogP contribution in [0.25, 0.3) is 0 Å². The van der Waals surface area contributed by atoms with E-state index in [4.69, 9.17) is 0 Å². The second kappa shape index (κ2) is 3.56. The van der Waals surface area contributed by atoms with Gasteiger partial charge in [-0.1, -0.05) is 34.6 Å². The van der Waals surface area contributed by atoms with Crippen molar-refractivity contribution in [3.05, 3.63) is 0 Å². The summed E-state index contributed by atoms with van der Waals surface area (Å²) in [7, 11) is 0. The molecule has 0 aliphatic carbocycles. The lowest BCUT2D eigenvalue weighted by Gasteiger charge is -2.32. The van der Waals surface area contributed by atoms with Crippen molar-refractivity contribution in [2.45, 2.75) is 40.8 Å². The summed E-state index contributed by atoms with van der Waals surface area (Å²) >= 11 is 0. The standard InChI is InChI=1S/C10H21N3/c1-8(2)9-12-11-7-13(9)6-10(3,4)5/h7-9,12H,6H2,1-5H3. The Balaban J connectivity index is 2.53. The highest BCUT2D eigenvalue weighted by Gasteiger charge is 2.26. The third kappa shape index (κ3) is 2.90. The van der Waals surface area contributed by atoms with E-state index in [2.05, 4.69) is 50.0 Å². The number of rotatable bonds is 2. The molecule has 1 rings (SSSR count). The molecule has 1 aliphatic rings. The molecule has 0 aromatic heterocycles. The van der Waals surface area contributed by atoms with Crippen LogP contribution in [0.1, 0.15) is 34.6 Å². The smallest absolute Gasteiger partial charge is 0.118 e. The predicted octanol–water partition coefficient (Wildman–Crippen LogP) is 1.86. The van der Waals surface area contributed by atoms with Gasteiger partial charge >= 0.3 is 0 Å². The van der Waals surface area contributed by atoms with E-state index in [1.807, 2.05) is 6.34 Å². The number of hydrazone groups is 1. The van der Waals surface area contributed by atoms with Crippen LogP contribution in [0.4, 0.5) is 0 Å². The molecule has 76 valence electrons. The van der Waals surface area contributed by atoms with Gasteiger partial charge in [-0.05, 0) is 11.3 Å². The van der Waals surface area contributed by atoms with Crippen molar-refractivity contribution >= 4 is 6.34 Å². The zero-order valence-corrected chi connectivity index (χ0v) is 9.33. The zero-order valence-electron chi connectivity index (χ0n) is 9.33. The number of nitrogens with zero attached hydrogens (tertiary/aromatic N) is 2. The molecule has 1 heterocycles. The van der Waals surface area contributed by atoms with Gasteiger partial charge in [-0.2, -0.15) is 5.10 Å². The Morgan fingerprint density at radius 3 is 2.54 bits per heavy atom. The van der Waals surface area contributed by atoms with Crippen LogP contribution in [0.15, 0.2) is 5.10 Å². The molecule has 3 heteroatoms. The molecular weight excluding hydrogens is 162 g/mol. The molecular formula is C10H21N3. The molecule has 1 N–H and O–H groups in total. The second-order valence-electron chi connectivity index (χ2n) is 5.30. The van der Waals surface area contributed by atoms with Crippen LogP contribution in [0.2, 0.25) is 0 Å². The zero-order chi connectivity index (χ0) is 10.1. The highest BCUT2D eigenvalue weighted by molar-refractivity contribution is 5.57. The fourth-order valence-corrected chi connectivity index (χ4v) is 1.55. The van der Waals surface area contributed by atoms with Crippen LogP contribution < -0.4 is 5.43 Å². The summed E-state index contributed by atoms with van der Waals surface area (Å²) in [5.41, 5.74) is 3.45. The number of hydrogen-bond acceptors (Lipinski definition) is 3. The maximum Gasteiger partial charge on any atom is 0.118 e. The Morgan fingerprint density at radius 1 is 1.46 bits per heavy atom. The van der Waals surface area contributed by atoms with Gasteiger partial charge in [0.2, 0.25) is 0 Å². The third-order valence-corrected chi connectivity index (χ3v) is 2.06. The lowest BCUT2D eigenvalue weighted by Crippen LogP contribution is -2.44. The van der Waals surface area contributed by atoms with Gasteiger partial charge in [-0.3, -0.25) is 5.43 Å². The Bertz CT molecular complexity index is 191. The topological polar surface area (TPSA) is 27.6 Å². The Morgan fingerprint density at radius 2 is 2.08 bits per heavy atom. The van der Waals surface area contributed by atoms with Crippen LogP contribution in [-0.4, -0.2) is 23.9 Å². The number of nitrogens with one attached hydrogen (secondary N) is 1. The summed E-state index contributed by atoms with van der Waals surface area (Å²) in [6.07, 6.45) is 2.29. The molecule has 0 radical (unpaired) electrons. The highest BCUT2D eigenvalue weighted by Crippen LogP contribution is 2.19. The molecule has 1 atom stereocenters. The van der Waals surface area contributed by atoms with Gasteiger partial charge in [-0.25, -0.2) is 0 Å². The lowest BCUT2D eigenvalue weighted by atomic mass is 9.95. The first-order chi connectivity index (χ1) is 5.90. The Hall–Kier alpha value is -0.730. The van der Waals surface area contributed by atoms with E-state index < -0.39 is 0 Å². The fourth-order valence-electron chi connectivity index (χ4n) is 1.55. The van der Waals surface area contributed by atoms with E-state index in [0.29, 0.717) is 17.5 Å². The Labute approximate surface area is 81.2 Å². The van der Waals surface area contributed by atoms with Crippen LogP contribution in [0.3, 0.4) is 0 Å². The van der Waals surface area contributed by atoms with Crippen molar-refractivity contribution in [1.82, 2.24) is 10.3 Å². The van der Waals surface area contributed by atoms with Crippen molar-refractivity contribution in [3.63, 3.8) is 0 Å².